The summed E-state index contributed by atoms with van der Waals surface area (Å²) in [5, 5.41) is 3.19. The Labute approximate surface area is 182 Å². The summed E-state index contributed by atoms with van der Waals surface area (Å²) in [4.78, 5) is 19.9. The van der Waals surface area contributed by atoms with Gasteiger partial charge in [-0.2, -0.15) is 0 Å². The normalized spacial score (nSPS) is 20.7. The van der Waals surface area contributed by atoms with Crippen molar-refractivity contribution < 1.29 is 18.3 Å². The quantitative estimate of drug-likeness (QED) is 0.286. The molecular weight excluding hydrogens is 481 g/mol. The number of likely N-dealkylation sites (tertiary alicyclic amines) is 1. The molecule has 1 aromatic carbocycles. The molecule has 1 N–H and O–H groups in total. The molecule has 3 atom stereocenters. The van der Waals surface area contributed by atoms with Crippen LogP contribution in [0.5, 0.6) is 0 Å². The summed E-state index contributed by atoms with van der Waals surface area (Å²) in [5.74, 6) is -0.888. The van der Waals surface area contributed by atoms with Crippen molar-refractivity contribution in [3.63, 3.8) is 0 Å². The minimum atomic E-state index is -0.578. The number of nitrogens with one attached hydrogen (secondary N) is 1. The van der Waals surface area contributed by atoms with Gasteiger partial charge in [-0.3, -0.25) is 9.79 Å². The van der Waals surface area contributed by atoms with Crippen molar-refractivity contribution in [3.8, 4) is 0 Å². The van der Waals surface area contributed by atoms with Gasteiger partial charge in [0, 0.05) is 32.2 Å². The van der Waals surface area contributed by atoms with Gasteiger partial charge < -0.3 is 19.9 Å². The van der Waals surface area contributed by atoms with Crippen LogP contribution in [0.2, 0.25) is 0 Å². The molecular formula is C19H29F2IN4O2. The molecule has 1 fully saturated rings. The van der Waals surface area contributed by atoms with E-state index in [0.717, 1.165) is 0 Å². The average molecular weight is 510 g/mol. The minimum absolute atomic E-state index is 0. The second kappa shape index (κ2) is 10.9. The molecule has 0 saturated carbocycles. The molecule has 1 aromatic rings. The molecule has 158 valence electrons. The van der Waals surface area contributed by atoms with E-state index in [4.69, 9.17) is 4.74 Å². The van der Waals surface area contributed by atoms with Crippen molar-refractivity contribution >= 4 is 35.9 Å². The monoisotopic (exact) mass is 510 g/mol. The third-order valence-corrected chi connectivity index (χ3v) is 5.04. The van der Waals surface area contributed by atoms with E-state index in [1.54, 1.807) is 26.0 Å². The van der Waals surface area contributed by atoms with Crippen molar-refractivity contribution in [3.05, 3.63) is 35.4 Å². The number of hydrogen-bond donors (Lipinski definition) is 1. The molecule has 28 heavy (non-hydrogen) atoms. The van der Waals surface area contributed by atoms with E-state index in [-0.39, 0.29) is 53.9 Å². The Morgan fingerprint density at radius 2 is 1.96 bits per heavy atom. The number of carbonyl (C=O) groups is 1. The van der Waals surface area contributed by atoms with Gasteiger partial charge in [0.25, 0.3) is 0 Å². The highest BCUT2D eigenvalue weighted by Crippen LogP contribution is 2.26. The second-order valence-electron chi connectivity index (χ2n) is 7.05. The van der Waals surface area contributed by atoms with Crippen LogP contribution < -0.4 is 5.32 Å². The van der Waals surface area contributed by atoms with Gasteiger partial charge in [0.1, 0.15) is 11.6 Å². The number of likely N-dealkylation sites (N-methyl/N-ethyl adjacent to an activating group) is 1. The van der Waals surface area contributed by atoms with Crippen molar-refractivity contribution in [2.75, 3.05) is 47.9 Å². The summed E-state index contributed by atoms with van der Waals surface area (Å²) >= 11 is 0. The summed E-state index contributed by atoms with van der Waals surface area (Å²) < 4.78 is 33.3. The number of rotatable bonds is 5. The third kappa shape index (κ3) is 5.53. The number of halogens is 3. The van der Waals surface area contributed by atoms with E-state index >= 15 is 0 Å². The Morgan fingerprint density at radius 1 is 1.36 bits per heavy atom. The van der Waals surface area contributed by atoms with Crippen LogP contribution in [-0.4, -0.2) is 69.6 Å². The summed E-state index contributed by atoms with van der Waals surface area (Å²) in [6.45, 7) is 3.41. The maximum absolute atomic E-state index is 14.2. The smallest absolute Gasteiger partial charge is 0.310 e. The Kier molecular flexibility index (Phi) is 9.55. The number of nitrogens with zero attached hydrogens (tertiary/aromatic N) is 3. The predicted octanol–water partition coefficient (Wildman–Crippen LogP) is 2.50. The molecule has 1 saturated heterocycles. The third-order valence-electron chi connectivity index (χ3n) is 5.04. The predicted molar refractivity (Wildman–Crippen MR) is 116 cm³/mol. The molecule has 0 aliphatic carbocycles. The first kappa shape index (κ1) is 24.5. The van der Waals surface area contributed by atoms with Crippen molar-refractivity contribution in [1.29, 1.82) is 0 Å². The molecule has 9 heteroatoms. The highest BCUT2D eigenvalue weighted by molar-refractivity contribution is 14.0. The number of hydrogen-bond acceptors (Lipinski definition) is 4. The maximum atomic E-state index is 14.2. The number of benzene rings is 1. The van der Waals surface area contributed by atoms with Gasteiger partial charge in [-0.25, -0.2) is 8.78 Å². The summed E-state index contributed by atoms with van der Waals surface area (Å²) in [7, 11) is 6.57. The maximum Gasteiger partial charge on any atom is 0.310 e. The number of ether oxygens (including phenoxy) is 1. The van der Waals surface area contributed by atoms with Crippen molar-refractivity contribution in [1.82, 2.24) is 15.1 Å². The topological polar surface area (TPSA) is 57.2 Å². The summed E-state index contributed by atoms with van der Waals surface area (Å²) in [6, 6.07) is 3.35. The lowest BCUT2D eigenvalue weighted by atomic mass is 9.99. The fourth-order valence-corrected chi connectivity index (χ4v) is 3.49. The molecule has 3 unspecified atom stereocenters. The van der Waals surface area contributed by atoms with Crippen LogP contribution in [0, 0.1) is 23.5 Å². The standard InChI is InChI=1S/C19H28F2N4O2.HI/c1-12-10-25(11-13(12)18(26)27-5)19(22-2)23-9-16(24(3)4)17-14(20)7-6-8-15(17)21;/h6-8,12-13,16H,9-11H2,1-5H3,(H,22,23);1H. The first-order valence-corrected chi connectivity index (χ1v) is 8.93. The number of guanidine groups is 1. The van der Waals surface area contributed by atoms with E-state index in [1.165, 1.54) is 25.3 Å². The van der Waals surface area contributed by atoms with Crippen LogP contribution in [0.3, 0.4) is 0 Å². The fourth-order valence-electron chi connectivity index (χ4n) is 3.49. The van der Waals surface area contributed by atoms with Crippen LogP contribution in [0.4, 0.5) is 8.78 Å². The van der Waals surface area contributed by atoms with Gasteiger partial charge in [-0.05, 0) is 32.1 Å². The second-order valence-corrected chi connectivity index (χ2v) is 7.05. The van der Waals surface area contributed by atoms with E-state index in [0.29, 0.717) is 19.0 Å². The fraction of sp³-hybridized carbons (Fsp3) is 0.579. The number of aliphatic imine (C=N–C) groups is 1. The molecule has 6 nitrogen and oxygen atoms in total. The van der Waals surface area contributed by atoms with Crippen LogP contribution >= 0.6 is 24.0 Å². The Bertz CT molecular complexity index is 682. The van der Waals surface area contributed by atoms with Gasteiger partial charge in [-0.15, -0.1) is 24.0 Å². The SMILES string of the molecule is CN=C(NCC(c1c(F)cccc1F)N(C)C)N1CC(C)C(C(=O)OC)C1.I. The van der Waals surface area contributed by atoms with Crippen molar-refractivity contribution in [2.45, 2.75) is 13.0 Å². The molecule has 0 bridgehead atoms. The van der Waals surface area contributed by atoms with Gasteiger partial charge in [0.05, 0.1) is 19.1 Å². The Hall–Kier alpha value is -1.49. The van der Waals surface area contributed by atoms with Gasteiger partial charge in [0.15, 0.2) is 5.96 Å². The van der Waals surface area contributed by atoms with E-state index < -0.39 is 17.7 Å². The highest BCUT2D eigenvalue weighted by Gasteiger charge is 2.37. The number of carbonyl (C=O) groups excluding carboxylic acids is 1. The molecule has 1 aliphatic heterocycles. The molecule has 0 spiro atoms. The van der Waals surface area contributed by atoms with Crippen LogP contribution in [0.25, 0.3) is 0 Å². The molecule has 0 aromatic heterocycles. The molecule has 1 heterocycles. The Balaban J connectivity index is 0.00000392. The number of esters is 1. The molecule has 1 aliphatic rings. The minimum Gasteiger partial charge on any atom is -0.469 e. The van der Waals surface area contributed by atoms with Gasteiger partial charge >= 0.3 is 5.97 Å². The Morgan fingerprint density at radius 3 is 2.46 bits per heavy atom. The first-order valence-electron chi connectivity index (χ1n) is 8.93. The lowest BCUT2D eigenvalue weighted by molar-refractivity contribution is -0.145. The van der Waals surface area contributed by atoms with Gasteiger partial charge in [0.2, 0.25) is 0 Å². The first-order chi connectivity index (χ1) is 12.8. The molecule has 2 rings (SSSR count). The summed E-state index contributed by atoms with van der Waals surface area (Å²) in [6.07, 6.45) is 0. The van der Waals surface area contributed by atoms with E-state index in [9.17, 15) is 13.6 Å². The zero-order valence-corrected chi connectivity index (χ0v) is 19.2. The zero-order chi connectivity index (χ0) is 20.1. The lowest BCUT2D eigenvalue weighted by Crippen LogP contribution is -2.44. The largest absolute Gasteiger partial charge is 0.469 e. The highest BCUT2D eigenvalue weighted by atomic mass is 127. The zero-order valence-electron chi connectivity index (χ0n) is 16.9. The molecule has 0 amide bonds. The van der Waals surface area contributed by atoms with Crippen LogP contribution in [-0.2, 0) is 9.53 Å². The average Bonchev–Trinajstić information content (AvgIpc) is 3.01. The lowest BCUT2D eigenvalue weighted by Gasteiger charge is -2.28. The number of methoxy groups -OCH3 is 1. The van der Waals surface area contributed by atoms with Crippen LogP contribution in [0.1, 0.15) is 18.5 Å². The molecule has 0 radical (unpaired) electrons. The summed E-state index contributed by atoms with van der Waals surface area (Å²) in [5.41, 5.74) is 0.0210. The van der Waals surface area contributed by atoms with Crippen LogP contribution in [0.15, 0.2) is 23.2 Å². The van der Waals surface area contributed by atoms with E-state index in [1.807, 2.05) is 11.8 Å². The van der Waals surface area contributed by atoms with Gasteiger partial charge in [-0.1, -0.05) is 13.0 Å². The van der Waals surface area contributed by atoms with E-state index in [2.05, 4.69) is 10.3 Å². The van der Waals surface area contributed by atoms with Crippen molar-refractivity contribution in [2.24, 2.45) is 16.8 Å².